The van der Waals surface area contributed by atoms with Crippen LogP contribution in [0.25, 0.3) is 10.6 Å². The van der Waals surface area contributed by atoms with Crippen molar-refractivity contribution in [2.45, 2.75) is 6.42 Å². The summed E-state index contributed by atoms with van der Waals surface area (Å²) in [5.41, 5.74) is 2.57. The van der Waals surface area contributed by atoms with Gasteiger partial charge in [-0.2, -0.15) is 0 Å². The van der Waals surface area contributed by atoms with Gasteiger partial charge in [-0.15, -0.1) is 11.3 Å². The van der Waals surface area contributed by atoms with E-state index in [-0.39, 0.29) is 12.3 Å². The number of rotatable bonds is 4. The molecule has 1 amide bonds. The summed E-state index contributed by atoms with van der Waals surface area (Å²) in [7, 11) is 0. The Labute approximate surface area is 145 Å². The number of benzene rings is 1. The zero-order valence-corrected chi connectivity index (χ0v) is 14.5. The van der Waals surface area contributed by atoms with Crippen molar-refractivity contribution in [3.8, 4) is 10.6 Å². The van der Waals surface area contributed by atoms with Gasteiger partial charge in [-0.1, -0.05) is 12.1 Å². The van der Waals surface area contributed by atoms with E-state index in [1.54, 1.807) is 12.4 Å². The summed E-state index contributed by atoms with van der Waals surface area (Å²) in [5.74, 6) is -0.0628. The van der Waals surface area contributed by atoms with Crippen molar-refractivity contribution in [2.75, 3.05) is 5.32 Å². The van der Waals surface area contributed by atoms with Crippen molar-refractivity contribution in [3.63, 3.8) is 0 Å². The van der Waals surface area contributed by atoms with Gasteiger partial charge in [0.2, 0.25) is 5.91 Å². The number of amides is 1. The molecule has 3 aromatic rings. The predicted octanol–water partition coefficient (Wildman–Crippen LogP) is 3.99. The fraction of sp³-hybridized carbons (Fsp3) is 0.0625. The topological polar surface area (TPSA) is 54.9 Å². The second kappa shape index (κ2) is 6.97. The van der Waals surface area contributed by atoms with Crippen LogP contribution in [0.3, 0.4) is 0 Å². The van der Waals surface area contributed by atoms with Crippen molar-refractivity contribution in [1.29, 1.82) is 0 Å². The quantitative estimate of drug-likeness (QED) is 0.649. The monoisotopic (exact) mass is 421 g/mol. The van der Waals surface area contributed by atoms with E-state index in [9.17, 15) is 4.79 Å². The van der Waals surface area contributed by atoms with Crippen LogP contribution in [0.1, 0.15) is 5.69 Å². The van der Waals surface area contributed by atoms with Crippen LogP contribution in [0, 0.1) is 3.57 Å². The number of aromatic nitrogens is 2. The second-order valence-electron chi connectivity index (χ2n) is 4.59. The summed E-state index contributed by atoms with van der Waals surface area (Å²) in [4.78, 5) is 20.7. The number of carbonyl (C=O) groups is 1. The highest BCUT2D eigenvalue weighted by molar-refractivity contribution is 14.1. The third kappa shape index (κ3) is 3.69. The maximum absolute atomic E-state index is 12.1. The fourth-order valence-corrected chi connectivity index (χ4v) is 3.26. The Bertz CT molecular complexity index is 789. The predicted molar refractivity (Wildman–Crippen MR) is 96.8 cm³/mol. The first-order chi connectivity index (χ1) is 10.7. The summed E-state index contributed by atoms with van der Waals surface area (Å²) in [5, 5.41) is 5.71. The van der Waals surface area contributed by atoms with E-state index in [0.29, 0.717) is 0 Å². The lowest BCUT2D eigenvalue weighted by Crippen LogP contribution is -2.15. The van der Waals surface area contributed by atoms with E-state index in [1.165, 1.54) is 11.3 Å². The highest BCUT2D eigenvalue weighted by Gasteiger charge is 2.10. The number of halogens is 1. The summed E-state index contributed by atoms with van der Waals surface area (Å²) in [6.07, 6.45) is 3.77. The molecule has 0 saturated heterocycles. The first kappa shape index (κ1) is 15.1. The fourth-order valence-electron chi connectivity index (χ4n) is 1.93. The Morgan fingerprint density at radius 2 is 2.09 bits per heavy atom. The van der Waals surface area contributed by atoms with Crippen LogP contribution >= 0.6 is 33.9 Å². The minimum absolute atomic E-state index is 0.0628. The molecule has 3 rings (SSSR count). The molecule has 0 spiro atoms. The van der Waals surface area contributed by atoms with E-state index in [1.807, 2.05) is 41.8 Å². The lowest BCUT2D eigenvalue weighted by molar-refractivity contribution is -0.115. The lowest BCUT2D eigenvalue weighted by Gasteiger charge is -2.05. The van der Waals surface area contributed by atoms with Crippen molar-refractivity contribution in [1.82, 2.24) is 9.97 Å². The summed E-state index contributed by atoms with van der Waals surface area (Å²) < 4.78 is 1.02. The second-order valence-corrected chi connectivity index (χ2v) is 6.61. The molecule has 0 bridgehead atoms. The van der Waals surface area contributed by atoms with Gasteiger partial charge in [-0.05, 0) is 46.9 Å². The van der Waals surface area contributed by atoms with Crippen LogP contribution in [-0.4, -0.2) is 15.9 Å². The Hall–Kier alpha value is -1.80. The number of hydrogen-bond donors (Lipinski definition) is 1. The Morgan fingerprint density at radius 1 is 1.23 bits per heavy atom. The van der Waals surface area contributed by atoms with E-state index in [4.69, 9.17) is 0 Å². The first-order valence-electron chi connectivity index (χ1n) is 6.61. The number of nitrogens with one attached hydrogen (secondary N) is 1. The third-order valence-corrected chi connectivity index (χ3v) is 4.83. The number of hydrogen-bond acceptors (Lipinski definition) is 4. The van der Waals surface area contributed by atoms with E-state index in [2.05, 4.69) is 37.9 Å². The zero-order valence-electron chi connectivity index (χ0n) is 11.5. The number of para-hydroxylation sites is 1. The van der Waals surface area contributed by atoms with Gasteiger partial charge in [0.1, 0.15) is 5.01 Å². The standard InChI is InChI=1S/C16H12IN3OS/c17-13-5-1-2-6-14(13)20-15(21)8-12-10-22-16(19-12)11-4-3-7-18-9-11/h1-7,9-10H,8H2,(H,20,21). The molecule has 0 aliphatic heterocycles. The number of nitrogens with zero attached hydrogens (tertiary/aromatic N) is 2. The Balaban J connectivity index is 1.68. The molecule has 0 unspecified atom stereocenters. The molecule has 0 fully saturated rings. The normalized spacial score (nSPS) is 10.4. The summed E-state index contributed by atoms with van der Waals surface area (Å²) in [6.45, 7) is 0. The van der Waals surface area contributed by atoms with Gasteiger partial charge in [0, 0.05) is 26.9 Å². The molecule has 1 aromatic carbocycles. The van der Waals surface area contributed by atoms with E-state index in [0.717, 1.165) is 25.5 Å². The van der Waals surface area contributed by atoms with Crippen molar-refractivity contribution < 1.29 is 4.79 Å². The van der Waals surface area contributed by atoms with Crippen LogP contribution in [0.4, 0.5) is 5.69 Å². The molecule has 0 aliphatic rings. The van der Waals surface area contributed by atoms with Crippen LogP contribution < -0.4 is 5.32 Å². The van der Waals surface area contributed by atoms with Crippen LogP contribution in [-0.2, 0) is 11.2 Å². The average molecular weight is 421 g/mol. The van der Waals surface area contributed by atoms with Crippen LogP contribution in [0.2, 0.25) is 0 Å². The van der Waals surface area contributed by atoms with E-state index < -0.39 is 0 Å². The number of pyridine rings is 1. The maximum Gasteiger partial charge on any atom is 0.230 e. The first-order valence-corrected chi connectivity index (χ1v) is 8.57. The molecule has 2 aromatic heterocycles. The number of anilines is 1. The molecular weight excluding hydrogens is 409 g/mol. The van der Waals surface area contributed by atoms with Crippen molar-refractivity contribution >= 4 is 45.5 Å². The molecule has 110 valence electrons. The SMILES string of the molecule is O=C(Cc1csc(-c2cccnc2)n1)Nc1ccccc1I. The van der Waals surface area contributed by atoms with Crippen molar-refractivity contribution in [3.05, 3.63) is 63.4 Å². The summed E-state index contributed by atoms with van der Waals surface area (Å²) >= 11 is 3.72. The molecule has 0 atom stereocenters. The minimum atomic E-state index is -0.0628. The van der Waals surface area contributed by atoms with Gasteiger partial charge in [-0.25, -0.2) is 4.98 Å². The minimum Gasteiger partial charge on any atom is -0.325 e. The van der Waals surface area contributed by atoms with Gasteiger partial charge in [0.15, 0.2) is 0 Å². The highest BCUT2D eigenvalue weighted by Crippen LogP contribution is 2.23. The Morgan fingerprint density at radius 3 is 2.86 bits per heavy atom. The molecule has 4 nitrogen and oxygen atoms in total. The maximum atomic E-state index is 12.1. The smallest absolute Gasteiger partial charge is 0.230 e. The van der Waals surface area contributed by atoms with Gasteiger partial charge in [0.05, 0.1) is 17.8 Å². The molecule has 0 aliphatic carbocycles. The molecule has 2 heterocycles. The molecule has 22 heavy (non-hydrogen) atoms. The summed E-state index contributed by atoms with van der Waals surface area (Å²) in [6, 6.07) is 11.5. The molecule has 0 saturated carbocycles. The largest absolute Gasteiger partial charge is 0.325 e. The molecule has 1 N–H and O–H groups in total. The average Bonchev–Trinajstić information content (AvgIpc) is 2.99. The number of carbonyl (C=O) groups excluding carboxylic acids is 1. The third-order valence-electron chi connectivity index (χ3n) is 2.95. The highest BCUT2D eigenvalue weighted by atomic mass is 127. The van der Waals surface area contributed by atoms with Gasteiger partial charge < -0.3 is 5.32 Å². The van der Waals surface area contributed by atoms with Gasteiger partial charge >= 0.3 is 0 Å². The van der Waals surface area contributed by atoms with Crippen LogP contribution in [0.5, 0.6) is 0 Å². The molecule has 0 radical (unpaired) electrons. The van der Waals surface area contributed by atoms with Crippen molar-refractivity contribution in [2.24, 2.45) is 0 Å². The Kier molecular flexibility index (Phi) is 4.79. The molecular formula is C16H12IN3OS. The lowest BCUT2D eigenvalue weighted by atomic mass is 10.2. The number of thiazole rings is 1. The van der Waals surface area contributed by atoms with Gasteiger partial charge in [0.25, 0.3) is 0 Å². The van der Waals surface area contributed by atoms with Gasteiger partial charge in [-0.3, -0.25) is 9.78 Å². The van der Waals surface area contributed by atoms with Crippen LogP contribution in [0.15, 0.2) is 54.2 Å². The van der Waals surface area contributed by atoms with E-state index >= 15 is 0 Å². The zero-order chi connectivity index (χ0) is 15.4. The molecule has 6 heteroatoms.